The molecule has 4 nitrogen and oxygen atoms in total. The van der Waals surface area contributed by atoms with Crippen LogP contribution in [0.3, 0.4) is 0 Å². The van der Waals surface area contributed by atoms with Crippen molar-refractivity contribution in [3.63, 3.8) is 0 Å². The lowest BCUT2D eigenvalue weighted by atomic mass is 9.64. The number of esters is 1. The summed E-state index contributed by atoms with van der Waals surface area (Å²) in [5, 5.41) is 3.49. The maximum atomic E-state index is 11.7. The summed E-state index contributed by atoms with van der Waals surface area (Å²) in [6.07, 6.45) is 6.07. The minimum Gasteiger partial charge on any atom is -0.466 e. The van der Waals surface area contributed by atoms with E-state index >= 15 is 0 Å². The average Bonchev–Trinajstić information content (AvgIpc) is 2.87. The molecule has 1 aliphatic carbocycles. The number of carbonyl (C=O) groups excluding carboxylic acids is 1. The third kappa shape index (κ3) is 2.65. The number of rotatable bonds is 3. The van der Waals surface area contributed by atoms with Gasteiger partial charge in [-0.15, -0.1) is 0 Å². The van der Waals surface area contributed by atoms with E-state index in [1.54, 1.807) is 0 Å². The molecule has 2 aliphatic heterocycles. The third-order valence-corrected chi connectivity index (χ3v) is 5.34. The van der Waals surface area contributed by atoms with E-state index in [9.17, 15) is 4.79 Å². The van der Waals surface area contributed by atoms with Gasteiger partial charge in [-0.2, -0.15) is 0 Å². The van der Waals surface area contributed by atoms with Crippen LogP contribution in [0.15, 0.2) is 0 Å². The topological polar surface area (TPSA) is 41.6 Å². The SMILES string of the molecule is CCOC(=O)C1CCN(C2CC3(CCNC3)C2)CC1. The Bertz CT molecular complexity index is 323. The lowest BCUT2D eigenvalue weighted by Crippen LogP contribution is -2.54. The Morgan fingerprint density at radius 1 is 1.37 bits per heavy atom. The highest BCUT2D eigenvalue weighted by Gasteiger charge is 2.48. The largest absolute Gasteiger partial charge is 0.466 e. The second-order valence-electron chi connectivity index (χ2n) is 6.55. The first-order valence-corrected chi connectivity index (χ1v) is 7.84. The number of nitrogens with zero attached hydrogens (tertiary/aromatic N) is 1. The molecule has 0 radical (unpaired) electrons. The van der Waals surface area contributed by atoms with E-state index in [4.69, 9.17) is 4.74 Å². The van der Waals surface area contributed by atoms with E-state index < -0.39 is 0 Å². The molecule has 1 N–H and O–H groups in total. The number of nitrogens with one attached hydrogen (secondary N) is 1. The van der Waals surface area contributed by atoms with Crippen molar-refractivity contribution in [3.8, 4) is 0 Å². The van der Waals surface area contributed by atoms with Crippen molar-refractivity contribution in [2.45, 2.75) is 45.1 Å². The fourth-order valence-corrected chi connectivity index (χ4v) is 4.10. The molecule has 0 amide bonds. The fourth-order valence-electron chi connectivity index (χ4n) is 4.10. The Morgan fingerprint density at radius 3 is 2.68 bits per heavy atom. The van der Waals surface area contributed by atoms with Crippen LogP contribution >= 0.6 is 0 Å². The van der Waals surface area contributed by atoms with Gasteiger partial charge < -0.3 is 15.0 Å². The fraction of sp³-hybridized carbons (Fsp3) is 0.933. The minimum atomic E-state index is 0.0206. The monoisotopic (exact) mass is 266 g/mol. The normalized spacial score (nSPS) is 36.4. The minimum absolute atomic E-state index is 0.0206. The standard InChI is InChI=1S/C15H26N2O2/c1-2-19-14(18)12-3-7-17(8-4-12)13-9-15(10-13)5-6-16-11-15/h12-13,16H,2-11H2,1H3. The molecule has 1 saturated carbocycles. The van der Waals surface area contributed by atoms with Crippen LogP contribution in [0.5, 0.6) is 0 Å². The van der Waals surface area contributed by atoms with Crippen LogP contribution in [-0.4, -0.2) is 49.7 Å². The average molecular weight is 266 g/mol. The Labute approximate surface area is 115 Å². The second-order valence-corrected chi connectivity index (χ2v) is 6.55. The van der Waals surface area contributed by atoms with Crippen molar-refractivity contribution in [1.82, 2.24) is 10.2 Å². The zero-order valence-corrected chi connectivity index (χ0v) is 12.0. The van der Waals surface area contributed by atoms with Crippen LogP contribution in [0, 0.1) is 11.3 Å². The molecule has 3 aliphatic rings. The summed E-state index contributed by atoms with van der Waals surface area (Å²) in [4.78, 5) is 14.3. The highest BCUT2D eigenvalue weighted by atomic mass is 16.5. The summed E-state index contributed by atoms with van der Waals surface area (Å²) in [7, 11) is 0. The number of hydrogen-bond donors (Lipinski definition) is 1. The van der Waals surface area contributed by atoms with E-state index in [2.05, 4.69) is 10.2 Å². The van der Waals surface area contributed by atoms with Crippen molar-refractivity contribution in [2.24, 2.45) is 11.3 Å². The van der Waals surface area contributed by atoms with Gasteiger partial charge in [-0.3, -0.25) is 4.79 Å². The summed E-state index contributed by atoms with van der Waals surface area (Å²) in [6.45, 7) is 6.99. The first-order chi connectivity index (χ1) is 9.22. The molecule has 0 aromatic heterocycles. The molecule has 2 saturated heterocycles. The molecule has 0 unspecified atom stereocenters. The van der Waals surface area contributed by atoms with Crippen LogP contribution in [0.4, 0.5) is 0 Å². The number of ether oxygens (including phenoxy) is 1. The molecular formula is C15H26N2O2. The molecule has 108 valence electrons. The van der Waals surface area contributed by atoms with E-state index in [-0.39, 0.29) is 11.9 Å². The molecule has 0 aromatic rings. The quantitative estimate of drug-likeness (QED) is 0.784. The van der Waals surface area contributed by atoms with Crippen molar-refractivity contribution >= 4 is 5.97 Å². The van der Waals surface area contributed by atoms with E-state index in [0.29, 0.717) is 12.0 Å². The lowest BCUT2D eigenvalue weighted by molar-refractivity contribution is -0.150. The van der Waals surface area contributed by atoms with Crippen molar-refractivity contribution in [3.05, 3.63) is 0 Å². The summed E-state index contributed by atoms with van der Waals surface area (Å²) in [5.41, 5.74) is 0.628. The van der Waals surface area contributed by atoms with Crippen molar-refractivity contribution in [1.29, 1.82) is 0 Å². The van der Waals surface area contributed by atoms with Gasteiger partial charge in [0.05, 0.1) is 12.5 Å². The van der Waals surface area contributed by atoms with Crippen LogP contribution < -0.4 is 5.32 Å². The van der Waals surface area contributed by atoms with Crippen LogP contribution in [-0.2, 0) is 9.53 Å². The van der Waals surface area contributed by atoms with Gasteiger partial charge in [0.25, 0.3) is 0 Å². The van der Waals surface area contributed by atoms with Crippen molar-refractivity contribution < 1.29 is 9.53 Å². The zero-order chi connectivity index (χ0) is 13.3. The highest BCUT2D eigenvalue weighted by Crippen LogP contribution is 2.48. The number of hydrogen-bond acceptors (Lipinski definition) is 4. The molecule has 0 bridgehead atoms. The van der Waals surface area contributed by atoms with Crippen LogP contribution in [0.25, 0.3) is 0 Å². The number of likely N-dealkylation sites (tertiary alicyclic amines) is 1. The number of piperidine rings is 1. The van der Waals surface area contributed by atoms with Gasteiger partial charge in [0.2, 0.25) is 0 Å². The third-order valence-electron chi connectivity index (χ3n) is 5.34. The van der Waals surface area contributed by atoms with E-state index in [1.807, 2.05) is 6.92 Å². The van der Waals surface area contributed by atoms with Gasteiger partial charge in [-0.1, -0.05) is 0 Å². The predicted octanol–water partition coefficient (Wildman–Crippen LogP) is 1.40. The molecular weight excluding hydrogens is 240 g/mol. The second kappa shape index (κ2) is 5.41. The molecule has 2 heterocycles. The first-order valence-electron chi connectivity index (χ1n) is 7.84. The molecule has 0 atom stereocenters. The van der Waals surface area contributed by atoms with Gasteiger partial charge in [-0.05, 0) is 64.1 Å². The molecule has 3 rings (SSSR count). The van der Waals surface area contributed by atoms with Gasteiger partial charge in [0.15, 0.2) is 0 Å². The predicted molar refractivity (Wildman–Crippen MR) is 73.9 cm³/mol. The Balaban J connectivity index is 1.43. The summed E-state index contributed by atoms with van der Waals surface area (Å²) in [6, 6.07) is 0.781. The zero-order valence-electron chi connectivity index (χ0n) is 12.0. The molecule has 1 spiro atoms. The molecule has 4 heteroatoms. The maximum Gasteiger partial charge on any atom is 0.309 e. The van der Waals surface area contributed by atoms with Gasteiger partial charge >= 0.3 is 5.97 Å². The molecule has 3 fully saturated rings. The van der Waals surface area contributed by atoms with Gasteiger partial charge in [0.1, 0.15) is 0 Å². The van der Waals surface area contributed by atoms with Gasteiger partial charge in [-0.25, -0.2) is 0 Å². The van der Waals surface area contributed by atoms with Crippen molar-refractivity contribution in [2.75, 3.05) is 32.8 Å². The Morgan fingerprint density at radius 2 is 2.11 bits per heavy atom. The molecule has 19 heavy (non-hydrogen) atoms. The lowest BCUT2D eigenvalue weighted by Gasteiger charge is -2.51. The summed E-state index contributed by atoms with van der Waals surface area (Å²) < 4.78 is 5.13. The van der Waals surface area contributed by atoms with Gasteiger partial charge in [0, 0.05) is 12.6 Å². The smallest absolute Gasteiger partial charge is 0.309 e. The summed E-state index contributed by atoms with van der Waals surface area (Å²) >= 11 is 0. The van der Waals surface area contributed by atoms with Crippen LogP contribution in [0.2, 0.25) is 0 Å². The number of carbonyl (C=O) groups is 1. The Hall–Kier alpha value is -0.610. The highest BCUT2D eigenvalue weighted by molar-refractivity contribution is 5.72. The van der Waals surface area contributed by atoms with E-state index in [0.717, 1.165) is 32.0 Å². The van der Waals surface area contributed by atoms with Crippen LogP contribution in [0.1, 0.15) is 39.0 Å². The Kier molecular flexibility index (Phi) is 3.81. The summed E-state index contributed by atoms with van der Waals surface area (Å²) in [5.74, 6) is 0.172. The first kappa shape index (κ1) is 13.4. The maximum absolute atomic E-state index is 11.7. The molecule has 0 aromatic carbocycles. The van der Waals surface area contributed by atoms with E-state index in [1.165, 1.54) is 32.4 Å².